The number of methoxy groups -OCH3 is 1. The van der Waals surface area contributed by atoms with Gasteiger partial charge in [-0.25, -0.2) is 19.4 Å². The summed E-state index contributed by atoms with van der Waals surface area (Å²) in [6.07, 6.45) is -2.90. The number of aryl methyl sites for hydroxylation is 1. The molecule has 464 valence electrons. The average molecular weight is 1210 g/mol. The van der Waals surface area contributed by atoms with Crippen molar-refractivity contribution in [2.45, 2.75) is 154 Å². The molecule has 4 amide bonds. The van der Waals surface area contributed by atoms with Gasteiger partial charge in [-0.15, -0.1) is 22.0 Å². The summed E-state index contributed by atoms with van der Waals surface area (Å²) in [7, 11) is 2.92. The fourth-order valence-electron chi connectivity index (χ4n) is 11.6. The van der Waals surface area contributed by atoms with E-state index in [4.69, 9.17) is 42.9 Å². The lowest BCUT2D eigenvalue weighted by Gasteiger charge is -2.46. The van der Waals surface area contributed by atoms with Crippen LogP contribution in [0.3, 0.4) is 0 Å². The maximum atomic E-state index is 14.8. The van der Waals surface area contributed by atoms with Gasteiger partial charge in [0.2, 0.25) is 12.4 Å². The number of piperidine rings is 1. The minimum atomic E-state index is -1.84. The van der Waals surface area contributed by atoms with Gasteiger partial charge in [0.25, 0.3) is 11.8 Å². The Bertz CT molecular complexity index is 3220. The number of esters is 4. The molecule has 4 aliphatic rings. The second-order valence-electron chi connectivity index (χ2n) is 23.2. The van der Waals surface area contributed by atoms with Crippen LogP contribution in [-0.2, 0) is 84.5 Å². The lowest BCUT2D eigenvalue weighted by Crippen LogP contribution is -2.64. The molecule has 2 aromatic carbocycles. The second-order valence-corrected chi connectivity index (χ2v) is 24.1. The number of rotatable bonds is 20. The van der Waals surface area contributed by atoms with Crippen LogP contribution < -0.4 is 25.2 Å². The summed E-state index contributed by atoms with van der Waals surface area (Å²) in [6.45, 7) is 16.8. The molecule has 1 aliphatic carbocycles. The number of fused-ring (bicyclic) bond motifs is 1. The first-order valence-electron chi connectivity index (χ1n) is 28.7. The van der Waals surface area contributed by atoms with Crippen LogP contribution in [0.1, 0.15) is 137 Å². The van der Waals surface area contributed by atoms with Crippen molar-refractivity contribution in [3.63, 3.8) is 0 Å². The number of nitrogens with one attached hydrogen (secondary N) is 2. The molecule has 86 heavy (non-hydrogen) atoms. The van der Waals surface area contributed by atoms with Gasteiger partial charge in [0.15, 0.2) is 18.3 Å². The standard InChI is InChI=1S/C60H77N9O16S/c1-13-68(46-24-40(60(26-34(3)27-60)56-65-63-32-66(56)10)25-47(64-46)69-30-43-41(53(69)74)22-39(23-45(43)86-12)29-67-20-14-15-33(2)28-67)58(77)79-31-38-16-17-44(42(21-38)52(73)61-18-19-62-57(76)85-59(7,8)9)83-55-51(82-37(6)72)49(81-36(5)71)48(80-35(4)70)50(84-55)54(75)78-11/h16-17,21-25,32-34,48-51,55H,13-15,18-20,26-31H2,1-12H3,(H,61,73)(H,62,76)/t33-,34?,48-,49-,50-,51+,55+,60?/m0/s1. The van der Waals surface area contributed by atoms with Crippen molar-refractivity contribution in [2.24, 2.45) is 18.9 Å². The quantitative estimate of drug-likeness (QED) is 0.0411. The number of aromatic nitrogens is 4. The van der Waals surface area contributed by atoms with E-state index >= 15 is 0 Å². The SMILES string of the molecule is CCN(C(=O)OCc1ccc(O[C@@H]2O[C@H](C(=O)OC)[C@@H](OC(C)=O)[C@H](OC(C)=O)[C@H]2OC(C)=O)c(C(=O)NCCNC(=O)OC(C)(C)C)c1)c1cc(C2(c3nncn3C)CC(C)C2)cc(N2Cc3c(SC)cc(CN4CCC[C@H](C)C4)cc3C2=O)n1. The van der Waals surface area contributed by atoms with E-state index in [9.17, 15) is 38.4 Å². The monoisotopic (exact) mass is 1210 g/mol. The topological polar surface area (TPSA) is 288 Å². The van der Waals surface area contributed by atoms with E-state index in [0.717, 1.165) is 81.3 Å². The average Bonchev–Trinajstić information content (AvgIpc) is 1.25. The number of nitrogens with zero attached hydrogens (tertiary/aromatic N) is 7. The first kappa shape index (κ1) is 64.2. The van der Waals surface area contributed by atoms with Crippen LogP contribution >= 0.6 is 11.8 Å². The number of likely N-dealkylation sites (tertiary alicyclic amines) is 1. The minimum Gasteiger partial charge on any atom is -0.467 e. The molecule has 4 aromatic rings. The number of amides is 4. The highest BCUT2D eigenvalue weighted by molar-refractivity contribution is 7.98. The molecule has 0 bridgehead atoms. The number of carbonyl (C=O) groups is 8. The van der Waals surface area contributed by atoms with Gasteiger partial charge in [-0.3, -0.25) is 38.7 Å². The summed E-state index contributed by atoms with van der Waals surface area (Å²) in [4.78, 5) is 119. The van der Waals surface area contributed by atoms with Gasteiger partial charge in [0.1, 0.15) is 41.7 Å². The Morgan fingerprint density at radius 3 is 2.21 bits per heavy atom. The highest BCUT2D eigenvalue weighted by Crippen LogP contribution is 2.53. The third-order valence-electron chi connectivity index (χ3n) is 15.2. The highest BCUT2D eigenvalue weighted by atomic mass is 32.2. The molecule has 25 nitrogen and oxygen atoms in total. The predicted molar refractivity (Wildman–Crippen MR) is 311 cm³/mol. The van der Waals surface area contributed by atoms with E-state index in [0.29, 0.717) is 36.1 Å². The number of hydrogen-bond donors (Lipinski definition) is 2. The zero-order valence-corrected chi connectivity index (χ0v) is 51.5. The van der Waals surface area contributed by atoms with Gasteiger partial charge in [0.05, 0.1) is 24.6 Å². The molecule has 0 spiro atoms. The molecule has 2 N–H and O–H groups in total. The van der Waals surface area contributed by atoms with Crippen LogP contribution in [0.25, 0.3) is 0 Å². The van der Waals surface area contributed by atoms with Gasteiger partial charge in [-0.05, 0) is 137 Å². The Labute approximate surface area is 503 Å². The van der Waals surface area contributed by atoms with Crippen LogP contribution in [0.15, 0.2) is 53.7 Å². The van der Waals surface area contributed by atoms with Gasteiger partial charge < -0.3 is 53.1 Å². The van der Waals surface area contributed by atoms with Crippen molar-refractivity contribution >= 4 is 71.3 Å². The number of ether oxygens (including phenoxy) is 8. The Hall–Kier alpha value is -7.84. The molecule has 2 aromatic heterocycles. The summed E-state index contributed by atoms with van der Waals surface area (Å²) in [5.41, 5.74) is 2.00. The Balaban J connectivity index is 1.11. The van der Waals surface area contributed by atoms with E-state index in [2.05, 4.69) is 45.6 Å². The van der Waals surface area contributed by atoms with Gasteiger partial charge in [0, 0.05) is 71.0 Å². The molecule has 26 heteroatoms. The number of hydrogen-bond acceptors (Lipinski definition) is 21. The lowest BCUT2D eigenvalue weighted by atomic mass is 9.58. The van der Waals surface area contributed by atoms with Crippen LogP contribution in [0, 0.1) is 11.8 Å². The number of thioether (sulfide) groups is 1. The molecular weight excluding hydrogens is 1130 g/mol. The highest BCUT2D eigenvalue weighted by Gasteiger charge is 2.56. The smallest absolute Gasteiger partial charge is 0.415 e. The van der Waals surface area contributed by atoms with Crippen molar-refractivity contribution in [1.29, 1.82) is 0 Å². The van der Waals surface area contributed by atoms with Crippen molar-refractivity contribution in [3.8, 4) is 5.75 Å². The number of benzene rings is 2. The largest absolute Gasteiger partial charge is 0.467 e. The summed E-state index contributed by atoms with van der Waals surface area (Å²) >= 11 is 1.60. The maximum absolute atomic E-state index is 14.8. The molecule has 5 heterocycles. The Morgan fingerprint density at radius 1 is 0.884 bits per heavy atom. The molecule has 1 saturated carbocycles. The van der Waals surface area contributed by atoms with Crippen molar-refractivity contribution in [2.75, 3.05) is 55.9 Å². The van der Waals surface area contributed by atoms with Crippen molar-refractivity contribution in [3.05, 3.63) is 88.0 Å². The zero-order valence-electron chi connectivity index (χ0n) is 50.7. The number of pyridine rings is 1. The lowest BCUT2D eigenvalue weighted by molar-refractivity contribution is -0.282. The summed E-state index contributed by atoms with van der Waals surface area (Å²) in [6, 6.07) is 12.1. The molecule has 3 fully saturated rings. The molecule has 0 unspecified atom stereocenters. The van der Waals surface area contributed by atoms with Crippen LogP contribution in [0.4, 0.5) is 21.2 Å². The molecule has 0 radical (unpaired) electrons. The number of carbonyl (C=O) groups excluding carboxylic acids is 8. The van der Waals surface area contributed by atoms with E-state index < -0.39 is 90.3 Å². The molecule has 6 atom stereocenters. The maximum Gasteiger partial charge on any atom is 0.415 e. The third-order valence-corrected chi connectivity index (χ3v) is 16.0. The van der Waals surface area contributed by atoms with E-state index in [1.54, 1.807) is 50.7 Å². The number of alkyl carbamates (subject to hydrolysis) is 1. The first-order chi connectivity index (χ1) is 40.8. The Morgan fingerprint density at radius 2 is 1.58 bits per heavy atom. The Kier molecular flexibility index (Phi) is 20.3. The van der Waals surface area contributed by atoms with Gasteiger partial charge in [-0.1, -0.05) is 19.9 Å². The van der Waals surface area contributed by atoms with Crippen molar-refractivity contribution in [1.82, 2.24) is 35.3 Å². The summed E-state index contributed by atoms with van der Waals surface area (Å²) in [5, 5.41) is 14.1. The van der Waals surface area contributed by atoms with Crippen LogP contribution in [0.2, 0.25) is 0 Å². The molecule has 8 rings (SSSR count). The van der Waals surface area contributed by atoms with Gasteiger partial charge >= 0.3 is 36.1 Å². The fourth-order valence-corrected chi connectivity index (χ4v) is 12.3. The summed E-state index contributed by atoms with van der Waals surface area (Å²) in [5.74, 6) is -2.84. The predicted octanol–water partition coefficient (Wildman–Crippen LogP) is 6.53. The molecular formula is C60H77N9O16S. The molecule has 2 saturated heterocycles. The first-order valence-corrected chi connectivity index (χ1v) is 29.9. The minimum absolute atomic E-state index is 0.0731. The second kappa shape index (κ2) is 27.2. The van der Waals surface area contributed by atoms with Crippen LogP contribution in [-0.4, -0.2) is 155 Å². The zero-order chi connectivity index (χ0) is 62.4. The van der Waals surface area contributed by atoms with E-state index in [1.807, 2.05) is 36.1 Å². The third kappa shape index (κ3) is 14.9. The van der Waals surface area contributed by atoms with Gasteiger partial charge in [-0.2, -0.15) is 0 Å². The number of anilines is 2. The fraction of sp³-hybridized carbons (Fsp3) is 0.550. The normalized spacial score (nSPS) is 22.8. The van der Waals surface area contributed by atoms with E-state index in [-0.39, 0.29) is 54.8 Å². The van der Waals surface area contributed by atoms with Crippen molar-refractivity contribution < 1.29 is 76.3 Å². The molecule has 3 aliphatic heterocycles. The van der Waals surface area contributed by atoms with Crippen LogP contribution in [0.5, 0.6) is 5.75 Å². The summed E-state index contributed by atoms with van der Waals surface area (Å²) < 4.78 is 46.9. The van der Waals surface area contributed by atoms with E-state index in [1.165, 1.54) is 29.5 Å².